The predicted molar refractivity (Wildman–Crippen MR) is 102 cm³/mol. The number of unbranched alkanes of at least 4 members (excludes halogenated alkanes) is 9. The smallest absolute Gasteiger partial charge is 0.309 e. The van der Waals surface area contributed by atoms with Crippen LogP contribution in [0.5, 0.6) is 0 Å². The molecule has 0 aromatic rings. The number of hydrogen-bond donors (Lipinski definition) is 2. The quantitative estimate of drug-likeness (QED) is 0.372. The zero-order chi connectivity index (χ0) is 19.1. The lowest BCUT2D eigenvalue weighted by Crippen LogP contribution is -2.35. The highest BCUT2D eigenvalue weighted by Crippen LogP contribution is 2.27. The van der Waals surface area contributed by atoms with Crippen LogP contribution in [-0.4, -0.2) is 33.2 Å². The molecule has 0 aliphatic carbocycles. The number of carbonyl (C=O) groups is 2. The van der Waals surface area contributed by atoms with Gasteiger partial charge in [-0.3, -0.25) is 9.59 Å². The van der Waals surface area contributed by atoms with Crippen molar-refractivity contribution in [2.75, 3.05) is 5.75 Å². The first-order valence-corrected chi connectivity index (χ1v) is 10.5. The third-order valence-electron chi connectivity index (χ3n) is 4.46. The van der Waals surface area contributed by atoms with Gasteiger partial charge in [0.2, 0.25) is 0 Å². The van der Waals surface area contributed by atoms with E-state index in [0.29, 0.717) is 5.75 Å². The van der Waals surface area contributed by atoms with Gasteiger partial charge in [-0.15, -0.1) is 11.8 Å². The third kappa shape index (κ3) is 11.1. The Balaban J connectivity index is 3.91. The summed E-state index contributed by atoms with van der Waals surface area (Å²) >= 11 is 1.28. The van der Waals surface area contributed by atoms with E-state index in [-0.39, 0.29) is 0 Å². The molecule has 0 aliphatic heterocycles. The Kier molecular flexibility index (Phi) is 14.3. The first kappa shape index (κ1) is 23.8. The van der Waals surface area contributed by atoms with Gasteiger partial charge >= 0.3 is 11.9 Å². The van der Waals surface area contributed by atoms with Crippen LogP contribution >= 0.6 is 11.8 Å². The third-order valence-corrected chi connectivity index (χ3v) is 5.74. The van der Waals surface area contributed by atoms with E-state index in [1.807, 2.05) is 6.07 Å². The van der Waals surface area contributed by atoms with Crippen LogP contribution in [0, 0.1) is 23.2 Å². The fourth-order valence-electron chi connectivity index (χ4n) is 2.78. The summed E-state index contributed by atoms with van der Waals surface area (Å²) in [7, 11) is 0. The molecule has 0 aliphatic rings. The van der Waals surface area contributed by atoms with E-state index in [1.165, 1.54) is 70.1 Å². The van der Waals surface area contributed by atoms with Crippen molar-refractivity contribution in [1.29, 1.82) is 5.26 Å². The number of nitrogens with zero attached hydrogens (tertiary/aromatic N) is 1. The molecule has 25 heavy (non-hydrogen) atoms. The lowest BCUT2D eigenvalue weighted by atomic mass is 9.91. The molecule has 0 amide bonds. The second kappa shape index (κ2) is 15.1. The number of carboxylic acids is 2. The average Bonchev–Trinajstić information content (AvgIpc) is 2.57. The molecule has 0 aromatic carbocycles. The zero-order valence-electron chi connectivity index (χ0n) is 15.6. The molecule has 0 radical (unpaired) electrons. The van der Waals surface area contributed by atoms with E-state index in [0.717, 1.165) is 12.8 Å². The van der Waals surface area contributed by atoms with Crippen molar-refractivity contribution in [3.63, 3.8) is 0 Å². The zero-order valence-corrected chi connectivity index (χ0v) is 16.4. The number of nitriles is 1. The second-order valence-corrected chi connectivity index (χ2v) is 7.84. The van der Waals surface area contributed by atoms with Gasteiger partial charge in [0.25, 0.3) is 0 Å². The molecule has 0 saturated carbocycles. The number of aliphatic carboxylic acids is 2. The molecule has 5 nitrogen and oxygen atoms in total. The Labute approximate surface area is 156 Å². The highest BCUT2D eigenvalue weighted by Gasteiger charge is 2.37. The Morgan fingerprint density at radius 3 is 1.80 bits per heavy atom. The van der Waals surface area contributed by atoms with Crippen LogP contribution in [0.3, 0.4) is 0 Å². The summed E-state index contributed by atoms with van der Waals surface area (Å²) in [6.45, 7) is 3.57. The van der Waals surface area contributed by atoms with Gasteiger partial charge in [-0.2, -0.15) is 5.26 Å². The van der Waals surface area contributed by atoms with Crippen LogP contribution in [0.25, 0.3) is 0 Å². The fraction of sp³-hybridized carbons (Fsp3) is 0.842. The summed E-state index contributed by atoms with van der Waals surface area (Å²) in [5, 5.41) is 26.7. The molecule has 0 aromatic heterocycles. The maximum absolute atomic E-state index is 11.3. The maximum atomic E-state index is 11.3. The lowest BCUT2D eigenvalue weighted by Gasteiger charge is -2.21. The molecule has 6 heteroatoms. The maximum Gasteiger partial charge on any atom is 0.309 e. The van der Waals surface area contributed by atoms with Gasteiger partial charge < -0.3 is 10.2 Å². The first-order valence-electron chi connectivity index (χ1n) is 9.42. The molecule has 0 rings (SSSR count). The van der Waals surface area contributed by atoms with Crippen molar-refractivity contribution >= 4 is 23.7 Å². The number of carboxylic acid groups (broad SMARTS) is 2. The molecule has 3 atom stereocenters. The summed E-state index contributed by atoms with van der Waals surface area (Å²) in [5.74, 6) is -3.92. The van der Waals surface area contributed by atoms with Gasteiger partial charge in [-0.1, -0.05) is 71.6 Å². The molecule has 144 valence electrons. The predicted octanol–water partition coefficient (Wildman–Crippen LogP) is 4.95. The van der Waals surface area contributed by atoms with E-state index >= 15 is 0 Å². The molecule has 0 saturated heterocycles. The molecule has 0 heterocycles. The largest absolute Gasteiger partial charge is 0.481 e. The van der Waals surface area contributed by atoms with Gasteiger partial charge in [0.1, 0.15) is 5.25 Å². The Hall–Kier alpha value is -1.22. The highest BCUT2D eigenvalue weighted by atomic mass is 32.2. The van der Waals surface area contributed by atoms with E-state index in [2.05, 4.69) is 6.92 Å². The van der Waals surface area contributed by atoms with E-state index < -0.39 is 29.0 Å². The Morgan fingerprint density at radius 2 is 1.40 bits per heavy atom. The topological polar surface area (TPSA) is 98.4 Å². The van der Waals surface area contributed by atoms with Crippen molar-refractivity contribution in [3.05, 3.63) is 0 Å². The number of thioether (sulfide) groups is 1. The molecule has 0 spiro atoms. The average molecular weight is 372 g/mol. The van der Waals surface area contributed by atoms with Crippen LogP contribution in [0.1, 0.15) is 78.1 Å². The molecule has 2 N–H and O–H groups in total. The molecular formula is C19H33NO4S. The highest BCUT2D eigenvalue weighted by molar-refractivity contribution is 8.00. The minimum atomic E-state index is -1.21. The summed E-state index contributed by atoms with van der Waals surface area (Å²) < 4.78 is 0. The lowest BCUT2D eigenvalue weighted by molar-refractivity contribution is -0.152. The SMILES string of the molecule is CCCCCCCCCCCCSC(C#N)C(C(=O)O)C(C)C(=O)O. The van der Waals surface area contributed by atoms with Crippen molar-refractivity contribution in [1.82, 2.24) is 0 Å². The minimum Gasteiger partial charge on any atom is -0.481 e. The molecule has 0 fully saturated rings. The fourth-order valence-corrected chi connectivity index (χ4v) is 4.04. The summed E-state index contributed by atoms with van der Waals surface area (Å²) in [4.78, 5) is 22.4. The van der Waals surface area contributed by atoms with Crippen molar-refractivity contribution in [2.24, 2.45) is 11.8 Å². The van der Waals surface area contributed by atoms with Crippen molar-refractivity contribution in [2.45, 2.75) is 83.3 Å². The Morgan fingerprint density at radius 1 is 0.920 bits per heavy atom. The van der Waals surface area contributed by atoms with Gasteiger partial charge in [0.05, 0.1) is 17.9 Å². The van der Waals surface area contributed by atoms with Gasteiger partial charge in [0.15, 0.2) is 0 Å². The summed E-state index contributed by atoms with van der Waals surface area (Å²) in [6, 6.07) is 1.97. The monoisotopic (exact) mass is 371 g/mol. The van der Waals surface area contributed by atoms with Crippen LogP contribution in [-0.2, 0) is 9.59 Å². The van der Waals surface area contributed by atoms with Gasteiger partial charge in [-0.05, 0) is 12.2 Å². The van der Waals surface area contributed by atoms with E-state index in [1.54, 1.807) is 0 Å². The normalized spacial score (nSPS) is 14.4. The second-order valence-electron chi connectivity index (χ2n) is 6.59. The Bertz CT molecular complexity index is 422. The van der Waals surface area contributed by atoms with Crippen molar-refractivity contribution in [3.8, 4) is 6.07 Å². The molecule has 0 bridgehead atoms. The van der Waals surface area contributed by atoms with Crippen LogP contribution in [0.4, 0.5) is 0 Å². The van der Waals surface area contributed by atoms with Crippen LogP contribution < -0.4 is 0 Å². The van der Waals surface area contributed by atoms with Crippen molar-refractivity contribution < 1.29 is 19.8 Å². The van der Waals surface area contributed by atoms with Crippen LogP contribution in [0.2, 0.25) is 0 Å². The molecule has 3 unspecified atom stereocenters. The minimum absolute atomic E-state index is 0.699. The van der Waals surface area contributed by atoms with Crippen LogP contribution in [0.15, 0.2) is 0 Å². The standard InChI is InChI=1S/C19H33NO4S/c1-3-4-5-6-7-8-9-10-11-12-13-25-16(14-20)17(19(23)24)15(2)18(21)22/h15-17H,3-13H2,1-2H3,(H,21,22)(H,23,24). The number of rotatable bonds is 16. The van der Waals surface area contributed by atoms with E-state index in [9.17, 15) is 20.0 Å². The van der Waals surface area contributed by atoms with Gasteiger partial charge in [0, 0.05) is 0 Å². The first-order chi connectivity index (χ1) is 12.0. The summed E-state index contributed by atoms with van der Waals surface area (Å²) in [5.41, 5.74) is 0. The van der Waals surface area contributed by atoms with Gasteiger partial charge in [-0.25, -0.2) is 0 Å². The molecular weight excluding hydrogens is 338 g/mol. The van der Waals surface area contributed by atoms with E-state index in [4.69, 9.17) is 5.11 Å². The summed E-state index contributed by atoms with van der Waals surface area (Å²) in [6.07, 6.45) is 12.2. The number of hydrogen-bond acceptors (Lipinski definition) is 4.